The number of anilines is 1. The molecule has 4 heteroatoms. The molecule has 0 atom stereocenters. The topological polar surface area (TPSA) is 77.8 Å². The van der Waals surface area contributed by atoms with Crippen molar-refractivity contribution in [1.82, 2.24) is 9.97 Å². The average Bonchev–Trinajstić information content (AvgIpc) is 2.85. The van der Waals surface area contributed by atoms with Crippen LogP contribution in [0.5, 0.6) is 0 Å². The zero-order valence-corrected chi connectivity index (χ0v) is 8.62. The summed E-state index contributed by atoms with van der Waals surface area (Å²) in [5, 5.41) is 0. The van der Waals surface area contributed by atoms with Crippen molar-refractivity contribution in [2.45, 2.75) is 38.1 Å². The second-order valence-electron chi connectivity index (χ2n) is 4.34. The Balaban J connectivity index is 2.43. The minimum absolute atomic E-state index is 0.267. The van der Waals surface area contributed by atoms with Crippen LogP contribution < -0.4 is 11.5 Å². The van der Waals surface area contributed by atoms with Crippen molar-refractivity contribution >= 4 is 5.69 Å². The molecule has 76 valence electrons. The van der Waals surface area contributed by atoms with Crippen LogP contribution in [0.3, 0.4) is 0 Å². The summed E-state index contributed by atoms with van der Waals surface area (Å²) in [6.45, 7) is 4.12. The standard InChI is InChI=1S/C10H16N4/c1-6(2)9-13-5-7(11)8(14-9)10(12)3-4-10/h5-6H,3-4,11-12H2,1-2H3. The first-order chi connectivity index (χ1) is 6.53. The van der Waals surface area contributed by atoms with Crippen molar-refractivity contribution in [3.05, 3.63) is 17.7 Å². The lowest BCUT2D eigenvalue weighted by molar-refractivity contribution is 0.676. The molecular formula is C10H16N4. The van der Waals surface area contributed by atoms with Crippen LogP contribution in [0, 0.1) is 0 Å². The van der Waals surface area contributed by atoms with Crippen LogP contribution in [-0.2, 0) is 5.54 Å². The molecule has 0 saturated heterocycles. The lowest BCUT2D eigenvalue weighted by Crippen LogP contribution is -2.23. The van der Waals surface area contributed by atoms with Crippen LogP contribution in [0.2, 0.25) is 0 Å². The predicted octanol–water partition coefficient (Wildman–Crippen LogP) is 1.13. The smallest absolute Gasteiger partial charge is 0.131 e. The zero-order valence-electron chi connectivity index (χ0n) is 8.62. The number of nitrogens with zero attached hydrogens (tertiary/aromatic N) is 2. The summed E-state index contributed by atoms with van der Waals surface area (Å²) in [5.41, 5.74) is 13.1. The molecule has 1 fully saturated rings. The molecule has 0 aromatic carbocycles. The zero-order chi connectivity index (χ0) is 10.3. The second-order valence-corrected chi connectivity index (χ2v) is 4.34. The number of nitrogens with two attached hydrogens (primary N) is 2. The van der Waals surface area contributed by atoms with Gasteiger partial charge in [-0.1, -0.05) is 13.8 Å². The Kier molecular flexibility index (Phi) is 1.96. The Hall–Kier alpha value is -1.16. The van der Waals surface area contributed by atoms with Gasteiger partial charge < -0.3 is 11.5 Å². The SMILES string of the molecule is CC(C)c1ncc(N)c(C2(N)CC2)n1. The first-order valence-corrected chi connectivity index (χ1v) is 4.95. The number of hydrogen-bond acceptors (Lipinski definition) is 4. The third kappa shape index (κ3) is 1.46. The van der Waals surface area contributed by atoms with E-state index >= 15 is 0 Å². The second kappa shape index (κ2) is 2.92. The van der Waals surface area contributed by atoms with Crippen molar-refractivity contribution in [2.75, 3.05) is 5.73 Å². The first-order valence-electron chi connectivity index (χ1n) is 4.95. The van der Waals surface area contributed by atoms with Crippen LogP contribution in [0.15, 0.2) is 6.20 Å². The molecule has 0 spiro atoms. The van der Waals surface area contributed by atoms with E-state index in [9.17, 15) is 0 Å². The highest BCUT2D eigenvalue weighted by Crippen LogP contribution is 2.43. The number of aromatic nitrogens is 2. The Morgan fingerprint density at radius 2 is 2.07 bits per heavy atom. The van der Waals surface area contributed by atoms with Crippen LogP contribution in [0.25, 0.3) is 0 Å². The van der Waals surface area contributed by atoms with Gasteiger partial charge in [-0.3, -0.25) is 0 Å². The summed E-state index contributed by atoms with van der Waals surface area (Å²) in [5.74, 6) is 1.14. The molecule has 4 nitrogen and oxygen atoms in total. The quantitative estimate of drug-likeness (QED) is 0.736. The summed E-state index contributed by atoms with van der Waals surface area (Å²) < 4.78 is 0. The molecule has 0 aliphatic heterocycles. The first kappa shape index (κ1) is 9.40. The van der Waals surface area contributed by atoms with Crippen molar-refractivity contribution in [3.8, 4) is 0 Å². The fraction of sp³-hybridized carbons (Fsp3) is 0.600. The molecule has 1 aliphatic rings. The molecule has 0 bridgehead atoms. The molecule has 0 unspecified atom stereocenters. The summed E-state index contributed by atoms with van der Waals surface area (Å²) in [4.78, 5) is 8.63. The van der Waals surface area contributed by atoms with E-state index in [1.807, 2.05) is 0 Å². The Morgan fingerprint density at radius 1 is 1.43 bits per heavy atom. The van der Waals surface area contributed by atoms with Crippen molar-refractivity contribution in [1.29, 1.82) is 0 Å². The van der Waals surface area contributed by atoms with Gasteiger partial charge in [0.05, 0.1) is 23.1 Å². The maximum Gasteiger partial charge on any atom is 0.131 e. The van der Waals surface area contributed by atoms with E-state index in [1.165, 1.54) is 0 Å². The summed E-state index contributed by atoms with van der Waals surface area (Å²) in [7, 11) is 0. The van der Waals surface area contributed by atoms with E-state index in [0.29, 0.717) is 11.6 Å². The molecule has 1 heterocycles. The maximum atomic E-state index is 6.07. The van der Waals surface area contributed by atoms with Gasteiger partial charge in [-0.05, 0) is 12.8 Å². The lowest BCUT2D eigenvalue weighted by atomic mass is 10.1. The normalized spacial score (nSPS) is 18.6. The van der Waals surface area contributed by atoms with E-state index in [1.54, 1.807) is 6.20 Å². The van der Waals surface area contributed by atoms with Gasteiger partial charge >= 0.3 is 0 Å². The van der Waals surface area contributed by atoms with Gasteiger partial charge in [0, 0.05) is 5.92 Å². The molecular weight excluding hydrogens is 176 g/mol. The molecule has 14 heavy (non-hydrogen) atoms. The molecule has 1 aromatic rings. The molecule has 1 saturated carbocycles. The minimum Gasteiger partial charge on any atom is -0.396 e. The fourth-order valence-electron chi connectivity index (χ4n) is 1.45. The highest BCUT2D eigenvalue weighted by Gasteiger charge is 2.43. The number of hydrogen-bond donors (Lipinski definition) is 2. The molecule has 1 aromatic heterocycles. The van der Waals surface area contributed by atoms with E-state index in [4.69, 9.17) is 11.5 Å². The Labute approximate surface area is 83.7 Å². The van der Waals surface area contributed by atoms with Gasteiger partial charge in [-0.2, -0.15) is 0 Å². The van der Waals surface area contributed by atoms with E-state index in [0.717, 1.165) is 24.4 Å². The van der Waals surface area contributed by atoms with E-state index in [-0.39, 0.29) is 5.54 Å². The highest BCUT2D eigenvalue weighted by molar-refractivity contribution is 5.46. The Bertz CT molecular complexity index is 355. The lowest BCUT2D eigenvalue weighted by Gasteiger charge is -2.13. The largest absolute Gasteiger partial charge is 0.396 e. The van der Waals surface area contributed by atoms with Gasteiger partial charge in [0.1, 0.15) is 5.82 Å². The number of nitrogen functional groups attached to an aromatic ring is 1. The molecule has 1 aliphatic carbocycles. The van der Waals surface area contributed by atoms with Gasteiger partial charge in [-0.25, -0.2) is 9.97 Å². The third-order valence-electron chi connectivity index (χ3n) is 2.61. The van der Waals surface area contributed by atoms with Crippen LogP contribution >= 0.6 is 0 Å². The minimum atomic E-state index is -0.267. The monoisotopic (exact) mass is 192 g/mol. The van der Waals surface area contributed by atoms with Crippen LogP contribution in [-0.4, -0.2) is 9.97 Å². The van der Waals surface area contributed by atoms with Crippen LogP contribution in [0.1, 0.15) is 44.1 Å². The fourth-order valence-corrected chi connectivity index (χ4v) is 1.45. The summed E-state index contributed by atoms with van der Waals surface area (Å²) in [6.07, 6.45) is 3.63. The van der Waals surface area contributed by atoms with E-state index < -0.39 is 0 Å². The molecule has 0 amide bonds. The van der Waals surface area contributed by atoms with Gasteiger partial charge in [0.15, 0.2) is 0 Å². The van der Waals surface area contributed by atoms with Crippen molar-refractivity contribution in [3.63, 3.8) is 0 Å². The van der Waals surface area contributed by atoms with Gasteiger partial charge in [0.25, 0.3) is 0 Å². The van der Waals surface area contributed by atoms with E-state index in [2.05, 4.69) is 23.8 Å². The van der Waals surface area contributed by atoms with Crippen LogP contribution in [0.4, 0.5) is 5.69 Å². The number of rotatable bonds is 2. The van der Waals surface area contributed by atoms with Gasteiger partial charge in [0.2, 0.25) is 0 Å². The molecule has 4 N–H and O–H groups in total. The predicted molar refractivity (Wildman–Crippen MR) is 55.6 cm³/mol. The van der Waals surface area contributed by atoms with Crippen molar-refractivity contribution < 1.29 is 0 Å². The molecule has 2 rings (SSSR count). The highest BCUT2D eigenvalue weighted by atomic mass is 15.0. The Morgan fingerprint density at radius 3 is 2.57 bits per heavy atom. The molecule has 0 radical (unpaired) electrons. The van der Waals surface area contributed by atoms with Gasteiger partial charge in [-0.15, -0.1) is 0 Å². The third-order valence-corrected chi connectivity index (χ3v) is 2.61. The summed E-state index contributed by atoms with van der Waals surface area (Å²) >= 11 is 0. The maximum absolute atomic E-state index is 6.07. The summed E-state index contributed by atoms with van der Waals surface area (Å²) in [6, 6.07) is 0. The van der Waals surface area contributed by atoms with Crippen molar-refractivity contribution in [2.24, 2.45) is 5.73 Å². The average molecular weight is 192 g/mol.